The lowest BCUT2D eigenvalue weighted by Crippen LogP contribution is -2.49. The molecule has 2 N–H and O–H groups in total. The van der Waals surface area contributed by atoms with E-state index in [-0.39, 0.29) is 36.2 Å². The maximum absolute atomic E-state index is 12.2. The van der Waals surface area contributed by atoms with Gasteiger partial charge in [-0.3, -0.25) is 14.5 Å². The standard InChI is InChI=1S/C16H30N4O2.ClH/c1-16(2,3)10-14(21)18-11-15(22)20-7-4-13(12-20)19-8-5-17-6-9-19;/h13,17H,4-12H2,1-3H3,(H,18,21);1H. The van der Waals surface area contributed by atoms with Crippen molar-refractivity contribution in [3.8, 4) is 0 Å². The van der Waals surface area contributed by atoms with Crippen LogP contribution in [0.25, 0.3) is 0 Å². The summed E-state index contributed by atoms with van der Waals surface area (Å²) in [7, 11) is 0. The first-order valence-corrected chi connectivity index (χ1v) is 8.34. The van der Waals surface area contributed by atoms with Crippen molar-refractivity contribution in [1.29, 1.82) is 0 Å². The number of hydrogen-bond acceptors (Lipinski definition) is 4. The van der Waals surface area contributed by atoms with E-state index in [0.717, 1.165) is 45.7 Å². The first kappa shape index (κ1) is 20.2. The second-order valence-electron chi connectivity index (χ2n) is 7.58. The van der Waals surface area contributed by atoms with E-state index in [1.54, 1.807) is 0 Å². The monoisotopic (exact) mass is 346 g/mol. The Morgan fingerprint density at radius 2 is 1.83 bits per heavy atom. The Hall–Kier alpha value is -0.850. The van der Waals surface area contributed by atoms with Crippen LogP contribution >= 0.6 is 12.4 Å². The van der Waals surface area contributed by atoms with Crippen molar-refractivity contribution >= 4 is 24.2 Å². The molecule has 1 atom stereocenters. The summed E-state index contributed by atoms with van der Waals surface area (Å²) in [6, 6.07) is 0.483. The highest BCUT2D eigenvalue weighted by Crippen LogP contribution is 2.18. The van der Waals surface area contributed by atoms with Gasteiger partial charge in [0.25, 0.3) is 0 Å². The minimum Gasteiger partial charge on any atom is -0.347 e. The van der Waals surface area contributed by atoms with E-state index in [9.17, 15) is 9.59 Å². The first-order chi connectivity index (χ1) is 10.3. The smallest absolute Gasteiger partial charge is 0.242 e. The fraction of sp³-hybridized carbons (Fsp3) is 0.875. The van der Waals surface area contributed by atoms with Crippen LogP contribution in [0.5, 0.6) is 0 Å². The molecule has 0 aromatic rings. The van der Waals surface area contributed by atoms with E-state index in [2.05, 4.69) is 15.5 Å². The van der Waals surface area contributed by atoms with Gasteiger partial charge in [-0.05, 0) is 11.8 Å². The summed E-state index contributed by atoms with van der Waals surface area (Å²) in [4.78, 5) is 28.4. The third kappa shape index (κ3) is 6.65. The van der Waals surface area contributed by atoms with Gasteiger partial charge in [0, 0.05) is 51.7 Å². The molecule has 134 valence electrons. The average Bonchev–Trinajstić information content (AvgIpc) is 2.94. The second-order valence-corrected chi connectivity index (χ2v) is 7.58. The van der Waals surface area contributed by atoms with Crippen molar-refractivity contribution in [3.05, 3.63) is 0 Å². The highest BCUT2D eigenvalue weighted by atomic mass is 35.5. The molecule has 2 aliphatic heterocycles. The molecule has 2 rings (SSSR count). The number of carbonyl (C=O) groups excluding carboxylic acids is 2. The lowest BCUT2D eigenvalue weighted by molar-refractivity contribution is -0.132. The molecule has 0 aromatic heterocycles. The van der Waals surface area contributed by atoms with Gasteiger partial charge < -0.3 is 15.5 Å². The van der Waals surface area contributed by atoms with Crippen LogP contribution in [-0.4, -0.2) is 73.5 Å². The molecular formula is C16H31ClN4O2. The van der Waals surface area contributed by atoms with E-state index >= 15 is 0 Å². The maximum atomic E-state index is 12.2. The van der Waals surface area contributed by atoms with Crippen molar-refractivity contribution in [1.82, 2.24) is 20.4 Å². The summed E-state index contributed by atoms with van der Waals surface area (Å²) in [5.41, 5.74) is -0.0475. The predicted molar refractivity (Wildman–Crippen MR) is 93.8 cm³/mol. The van der Waals surface area contributed by atoms with Gasteiger partial charge in [0.1, 0.15) is 0 Å². The minimum atomic E-state index is -0.0475. The van der Waals surface area contributed by atoms with E-state index in [0.29, 0.717) is 12.5 Å². The van der Waals surface area contributed by atoms with Gasteiger partial charge in [0.15, 0.2) is 0 Å². The predicted octanol–water partition coefficient (Wildman–Crippen LogP) is 0.467. The van der Waals surface area contributed by atoms with E-state index in [1.807, 2.05) is 25.7 Å². The van der Waals surface area contributed by atoms with Crippen LogP contribution in [0.1, 0.15) is 33.6 Å². The zero-order valence-electron chi connectivity index (χ0n) is 14.6. The number of likely N-dealkylation sites (tertiary alicyclic amines) is 1. The van der Waals surface area contributed by atoms with Gasteiger partial charge in [-0.2, -0.15) is 0 Å². The molecule has 0 radical (unpaired) electrons. The van der Waals surface area contributed by atoms with Crippen LogP contribution in [0, 0.1) is 5.41 Å². The lowest BCUT2D eigenvalue weighted by Gasteiger charge is -2.32. The van der Waals surface area contributed by atoms with Gasteiger partial charge in [0.2, 0.25) is 11.8 Å². The van der Waals surface area contributed by atoms with Gasteiger partial charge in [-0.1, -0.05) is 20.8 Å². The van der Waals surface area contributed by atoms with Gasteiger partial charge >= 0.3 is 0 Å². The summed E-state index contributed by atoms with van der Waals surface area (Å²) >= 11 is 0. The molecule has 6 nitrogen and oxygen atoms in total. The Balaban J connectivity index is 0.00000264. The number of nitrogens with zero attached hydrogens (tertiary/aromatic N) is 2. The largest absolute Gasteiger partial charge is 0.347 e. The summed E-state index contributed by atoms with van der Waals surface area (Å²) in [5.74, 6) is -0.00130. The zero-order chi connectivity index (χ0) is 16.2. The number of nitrogens with one attached hydrogen (secondary N) is 2. The number of rotatable bonds is 4. The van der Waals surface area contributed by atoms with E-state index < -0.39 is 0 Å². The Morgan fingerprint density at radius 3 is 2.43 bits per heavy atom. The van der Waals surface area contributed by atoms with Gasteiger partial charge in [-0.15, -0.1) is 12.4 Å². The lowest BCUT2D eigenvalue weighted by atomic mass is 9.92. The summed E-state index contributed by atoms with van der Waals surface area (Å²) < 4.78 is 0. The second kappa shape index (κ2) is 8.85. The highest BCUT2D eigenvalue weighted by Gasteiger charge is 2.30. The molecule has 7 heteroatoms. The van der Waals surface area contributed by atoms with E-state index in [4.69, 9.17) is 0 Å². The number of hydrogen-bond donors (Lipinski definition) is 2. The molecule has 0 aromatic carbocycles. The van der Waals surface area contributed by atoms with Crippen LogP contribution in [0.4, 0.5) is 0 Å². The number of amides is 2. The van der Waals surface area contributed by atoms with Crippen LogP contribution in [0.3, 0.4) is 0 Å². The zero-order valence-corrected chi connectivity index (χ0v) is 15.4. The normalized spacial score (nSPS) is 22.6. The minimum absolute atomic E-state index is 0. The molecule has 1 unspecified atom stereocenters. The number of halogens is 1. The third-order valence-electron chi connectivity index (χ3n) is 4.31. The Labute approximate surface area is 145 Å². The van der Waals surface area contributed by atoms with Gasteiger partial charge in [-0.25, -0.2) is 0 Å². The molecule has 2 fully saturated rings. The molecule has 23 heavy (non-hydrogen) atoms. The van der Waals surface area contributed by atoms with Crippen LogP contribution in [0.15, 0.2) is 0 Å². The van der Waals surface area contributed by atoms with Crippen molar-refractivity contribution in [3.63, 3.8) is 0 Å². The van der Waals surface area contributed by atoms with E-state index in [1.165, 1.54) is 0 Å². The fourth-order valence-electron chi connectivity index (χ4n) is 3.14. The quantitative estimate of drug-likeness (QED) is 0.776. The molecule has 2 aliphatic rings. The first-order valence-electron chi connectivity index (χ1n) is 8.34. The molecule has 2 amide bonds. The van der Waals surface area contributed by atoms with Gasteiger partial charge in [0.05, 0.1) is 6.54 Å². The number of carbonyl (C=O) groups is 2. The third-order valence-corrected chi connectivity index (χ3v) is 4.31. The molecule has 0 spiro atoms. The SMILES string of the molecule is CC(C)(C)CC(=O)NCC(=O)N1CCC(N2CCNCC2)C1.Cl. The molecule has 0 bridgehead atoms. The summed E-state index contributed by atoms with van der Waals surface area (Å²) in [6.07, 6.45) is 1.49. The van der Waals surface area contributed by atoms with Crippen molar-refractivity contribution in [2.24, 2.45) is 5.41 Å². The maximum Gasteiger partial charge on any atom is 0.242 e. The van der Waals surface area contributed by atoms with Crippen LogP contribution < -0.4 is 10.6 Å². The molecule has 2 saturated heterocycles. The fourth-order valence-corrected chi connectivity index (χ4v) is 3.14. The Bertz CT molecular complexity index is 405. The Kier molecular flexibility index (Phi) is 7.77. The van der Waals surface area contributed by atoms with Crippen molar-refractivity contribution in [2.75, 3.05) is 45.8 Å². The summed E-state index contributed by atoms with van der Waals surface area (Å²) in [5, 5.41) is 6.11. The van der Waals surface area contributed by atoms with Crippen molar-refractivity contribution in [2.45, 2.75) is 39.7 Å². The summed E-state index contributed by atoms with van der Waals surface area (Å²) in [6.45, 7) is 12.0. The van der Waals surface area contributed by atoms with Crippen LogP contribution in [0.2, 0.25) is 0 Å². The molecule has 2 heterocycles. The number of piperazine rings is 1. The molecule has 0 aliphatic carbocycles. The topological polar surface area (TPSA) is 64.7 Å². The molecule has 0 saturated carbocycles. The van der Waals surface area contributed by atoms with Crippen molar-refractivity contribution < 1.29 is 9.59 Å². The molecular weight excluding hydrogens is 316 g/mol. The van der Waals surface area contributed by atoms with Crippen LogP contribution in [-0.2, 0) is 9.59 Å². The Morgan fingerprint density at radius 1 is 1.17 bits per heavy atom. The average molecular weight is 347 g/mol. The highest BCUT2D eigenvalue weighted by molar-refractivity contribution is 5.85.